The van der Waals surface area contributed by atoms with Gasteiger partial charge in [0, 0.05) is 59.8 Å². The molecule has 0 aliphatic rings. The van der Waals surface area contributed by atoms with Gasteiger partial charge in [-0.3, -0.25) is 9.13 Å². The second kappa shape index (κ2) is 14.9. The zero-order chi connectivity index (χ0) is 45.9. The van der Waals surface area contributed by atoms with Crippen LogP contribution in [0.1, 0.15) is 0 Å². The van der Waals surface area contributed by atoms with Gasteiger partial charge in [0.05, 0.1) is 27.8 Å². The van der Waals surface area contributed by atoms with Gasteiger partial charge < -0.3 is 8.83 Å². The van der Waals surface area contributed by atoms with Gasteiger partial charge in [-0.05, 0) is 102 Å². The Morgan fingerprint density at radius 2 is 0.771 bits per heavy atom. The van der Waals surface area contributed by atoms with Crippen molar-refractivity contribution in [3.8, 4) is 56.9 Å². The molecule has 70 heavy (non-hydrogen) atoms. The van der Waals surface area contributed by atoms with Crippen LogP contribution in [-0.4, -0.2) is 29.1 Å². The van der Waals surface area contributed by atoms with Crippen LogP contribution in [0.5, 0.6) is 0 Å². The van der Waals surface area contributed by atoms with Gasteiger partial charge in [0.2, 0.25) is 5.95 Å². The fourth-order valence-electron chi connectivity index (χ4n) is 10.5. The first-order valence-electron chi connectivity index (χ1n) is 23.4. The second-order valence-electron chi connectivity index (χ2n) is 17.8. The molecule has 15 rings (SSSR count). The molecule has 6 heterocycles. The van der Waals surface area contributed by atoms with Crippen LogP contribution in [0.15, 0.2) is 227 Å². The predicted molar refractivity (Wildman–Crippen MR) is 283 cm³/mol. The minimum atomic E-state index is 0.526. The Kier molecular flexibility index (Phi) is 8.20. The number of benzene rings is 9. The highest BCUT2D eigenvalue weighted by Gasteiger charge is 2.22. The molecule has 0 amide bonds. The Labute approximate surface area is 399 Å². The normalized spacial score (nSPS) is 12.0. The molecule has 0 spiro atoms. The quantitative estimate of drug-likeness (QED) is 0.165. The van der Waals surface area contributed by atoms with Crippen LogP contribution in [0.25, 0.3) is 144 Å². The topological polar surface area (TPSA) is 87.7 Å². The van der Waals surface area contributed by atoms with E-state index < -0.39 is 0 Å². The third-order valence-electron chi connectivity index (χ3n) is 13.8. The van der Waals surface area contributed by atoms with Crippen LogP contribution in [0, 0.1) is 0 Å². The number of rotatable bonds is 6. The summed E-state index contributed by atoms with van der Waals surface area (Å²) in [5.74, 6) is 2.50. The lowest BCUT2D eigenvalue weighted by atomic mass is 10.0. The Morgan fingerprint density at radius 1 is 0.271 bits per heavy atom. The molecule has 0 fully saturated rings. The fraction of sp³-hybridized carbons (Fsp3) is 0. The Balaban J connectivity index is 0.928. The van der Waals surface area contributed by atoms with E-state index in [1.165, 1.54) is 0 Å². The van der Waals surface area contributed by atoms with Crippen LogP contribution in [0.3, 0.4) is 0 Å². The molecule has 0 saturated carbocycles. The Hall–Kier alpha value is -9.66. The van der Waals surface area contributed by atoms with Crippen molar-refractivity contribution in [3.63, 3.8) is 0 Å². The van der Waals surface area contributed by atoms with E-state index >= 15 is 0 Å². The number of furan rings is 2. The molecule has 0 atom stereocenters. The molecule has 8 nitrogen and oxygen atoms in total. The molecule has 0 radical (unpaired) electrons. The van der Waals surface area contributed by atoms with Gasteiger partial charge >= 0.3 is 0 Å². The second-order valence-corrected chi connectivity index (χ2v) is 17.8. The SMILES string of the molecule is c1ccc(-c2ccc3oc4ccc(-c5nc(-c6ccccc6)nc(-n6c7ccccc7c7cc8c(cc76)c6ccccc6n8-c6cccc(-c7ccc8oc9ccccc9c8c7)n6)n5)cc4c3c2)cc1. The summed E-state index contributed by atoms with van der Waals surface area (Å²) < 4.78 is 17.0. The molecule has 0 saturated heterocycles. The van der Waals surface area contributed by atoms with E-state index in [0.29, 0.717) is 17.6 Å². The lowest BCUT2D eigenvalue weighted by molar-refractivity contribution is 0.668. The molecule has 326 valence electrons. The van der Waals surface area contributed by atoms with Crippen molar-refractivity contribution < 1.29 is 8.83 Å². The van der Waals surface area contributed by atoms with Gasteiger partial charge in [-0.25, -0.2) is 9.97 Å². The molecular formula is C62H36N6O2. The Bertz CT molecular complexity index is 4600. The average molecular weight is 897 g/mol. The number of pyridine rings is 1. The summed E-state index contributed by atoms with van der Waals surface area (Å²) in [4.78, 5) is 21.2. The first-order valence-corrected chi connectivity index (χ1v) is 23.4. The highest BCUT2D eigenvalue weighted by atomic mass is 16.3. The highest BCUT2D eigenvalue weighted by molar-refractivity contribution is 6.19. The maximum Gasteiger partial charge on any atom is 0.238 e. The first kappa shape index (κ1) is 38.4. The molecule has 0 bridgehead atoms. The third-order valence-corrected chi connectivity index (χ3v) is 13.8. The van der Waals surface area contributed by atoms with Gasteiger partial charge in [-0.2, -0.15) is 9.97 Å². The zero-order valence-electron chi connectivity index (χ0n) is 37.3. The van der Waals surface area contributed by atoms with Crippen molar-refractivity contribution in [2.45, 2.75) is 0 Å². The zero-order valence-corrected chi connectivity index (χ0v) is 37.3. The van der Waals surface area contributed by atoms with E-state index in [1.807, 2.05) is 66.7 Å². The van der Waals surface area contributed by atoms with Crippen molar-refractivity contribution in [1.82, 2.24) is 29.1 Å². The maximum absolute atomic E-state index is 6.39. The maximum atomic E-state index is 6.39. The molecule has 0 aliphatic heterocycles. The van der Waals surface area contributed by atoms with E-state index in [2.05, 4.69) is 161 Å². The largest absolute Gasteiger partial charge is 0.456 e. The van der Waals surface area contributed by atoms with Crippen LogP contribution < -0.4 is 0 Å². The molecule has 8 heteroatoms. The van der Waals surface area contributed by atoms with Crippen molar-refractivity contribution in [1.29, 1.82) is 0 Å². The molecule has 0 aliphatic carbocycles. The summed E-state index contributed by atoms with van der Waals surface area (Å²) >= 11 is 0. The summed E-state index contributed by atoms with van der Waals surface area (Å²) in [6, 6.07) is 75.6. The van der Waals surface area contributed by atoms with Crippen molar-refractivity contribution >= 4 is 87.5 Å². The van der Waals surface area contributed by atoms with E-state index in [1.54, 1.807) is 0 Å². The lowest BCUT2D eigenvalue weighted by Crippen LogP contribution is -2.06. The van der Waals surface area contributed by atoms with E-state index in [-0.39, 0.29) is 0 Å². The fourth-order valence-corrected chi connectivity index (χ4v) is 10.5. The van der Waals surface area contributed by atoms with Gasteiger partial charge in [-0.1, -0.05) is 127 Å². The number of hydrogen-bond acceptors (Lipinski definition) is 6. The number of fused-ring (bicyclic) bond motifs is 12. The minimum absolute atomic E-state index is 0.526. The number of aromatic nitrogens is 6. The van der Waals surface area contributed by atoms with E-state index in [0.717, 1.165) is 127 Å². The van der Waals surface area contributed by atoms with Gasteiger partial charge in [-0.15, -0.1) is 0 Å². The average Bonchev–Trinajstić information content (AvgIpc) is 4.17. The van der Waals surface area contributed by atoms with Crippen LogP contribution in [0.2, 0.25) is 0 Å². The minimum Gasteiger partial charge on any atom is -0.456 e. The highest BCUT2D eigenvalue weighted by Crippen LogP contribution is 2.41. The standard InChI is InChI=1S/C62H36N6O2/c1-3-14-37(15-4-1)39-26-29-57-48(32-39)49-34-41(28-31-58(49)70-57)61-64-60(38-16-5-2-6-17-38)65-62(66-61)68-52-23-11-8-19-43(52)46-35-53-45(36-54(46)68)42-18-7-10-22-51(42)67(53)59-25-13-21-50(63-59)40-27-30-56-47(33-40)44-20-9-12-24-55(44)69-56/h1-36H. The first-order chi connectivity index (χ1) is 34.7. The van der Waals surface area contributed by atoms with Crippen LogP contribution in [-0.2, 0) is 0 Å². The summed E-state index contributed by atoms with van der Waals surface area (Å²) in [6.07, 6.45) is 0. The smallest absolute Gasteiger partial charge is 0.238 e. The summed E-state index contributed by atoms with van der Waals surface area (Å²) in [5.41, 5.74) is 13.4. The van der Waals surface area contributed by atoms with Gasteiger partial charge in [0.15, 0.2) is 11.6 Å². The molecule has 9 aromatic carbocycles. The van der Waals surface area contributed by atoms with E-state index in [9.17, 15) is 0 Å². The number of hydrogen-bond donors (Lipinski definition) is 0. The van der Waals surface area contributed by atoms with Crippen molar-refractivity contribution in [3.05, 3.63) is 218 Å². The summed E-state index contributed by atoms with van der Waals surface area (Å²) in [6.45, 7) is 0. The van der Waals surface area contributed by atoms with Gasteiger partial charge in [0.25, 0.3) is 0 Å². The van der Waals surface area contributed by atoms with Crippen molar-refractivity contribution in [2.24, 2.45) is 0 Å². The molecule has 0 N–H and O–H groups in total. The molecule has 6 aromatic heterocycles. The van der Waals surface area contributed by atoms with Crippen LogP contribution in [0.4, 0.5) is 0 Å². The number of para-hydroxylation sites is 3. The number of nitrogens with zero attached hydrogens (tertiary/aromatic N) is 6. The Morgan fingerprint density at radius 3 is 1.47 bits per heavy atom. The van der Waals surface area contributed by atoms with Gasteiger partial charge in [0.1, 0.15) is 28.1 Å². The molecular weight excluding hydrogens is 861 g/mol. The predicted octanol–water partition coefficient (Wildman–Crippen LogP) is 15.9. The molecule has 15 aromatic rings. The molecule has 0 unspecified atom stereocenters. The monoisotopic (exact) mass is 896 g/mol. The lowest BCUT2D eigenvalue weighted by Gasteiger charge is -2.11. The van der Waals surface area contributed by atoms with E-state index in [4.69, 9.17) is 28.8 Å². The summed E-state index contributed by atoms with van der Waals surface area (Å²) in [7, 11) is 0. The third kappa shape index (κ3) is 5.90. The van der Waals surface area contributed by atoms with Crippen molar-refractivity contribution in [2.75, 3.05) is 0 Å². The van der Waals surface area contributed by atoms with Crippen LogP contribution >= 0.6 is 0 Å². The summed E-state index contributed by atoms with van der Waals surface area (Å²) in [5, 5.41) is 8.56.